The summed E-state index contributed by atoms with van der Waals surface area (Å²) in [6.07, 6.45) is 1.41. The van der Waals surface area contributed by atoms with Crippen LogP contribution in [0.2, 0.25) is 0 Å². The van der Waals surface area contributed by atoms with Crippen LogP contribution in [0.15, 0.2) is 82.4 Å². The van der Waals surface area contributed by atoms with E-state index in [-0.39, 0.29) is 0 Å². The molecular weight excluding hydrogens is 436 g/mol. The van der Waals surface area contributed by atoms with Gasteiger partial charge >= 0.3 is 5.97 Å². The summed E-state index contributed by atoms with van der Waals surface area (Å²) in [7, 11) is 1.49. The van der Waals surface area contributed by atoms with E-state index < -0.39 is 11.9 Å². The lowest BCUT2D eigenvalue weighted by atomic mass is 10.2. The molecule has 0 aliphatic carbocycles. The molecular formula is C22H17BrN2O4. The van der Waals surface area contributed by atoms with Crippen LogP contribution in [0, 0.1) is 0 Å². The van der Waals surface area contributed by atoms with E-state index in [9.17, 15) is 9.59 Å². The first kappa shape index (κ1) is 20.3. The van der Waals surface area contributed by atoms with Gasteiger partial charge in [-0.05, 0) is 42.5 Å². The van der Waals surface area contributed by atoms with Crippen molar-refractivity contribution in [2.24, 2.45) is 5.10 Å². The summed E-state index contributed by atoms with van der Waals surface area (Å²) in [4.78, 5) is 24.7. The largest absolute Gasteiger partial charge is 0.496 e. The van der Waals surface area contributed by atoms with E-state index in [0.29, 0.717) is 28.2 Å². The molecule has 0 saturated heterocycles. The Morgan fingerprint density at radius 1 is 0.966 bits per heavy atom. The second-order valence-corrected chi connectivity index (χ2v) is 6.75. The zero-order valence-corrected chi connectivity index (χ0v) is 17.0. The molecule has 0 heterocycles. The number of halogens is 1. The lowest BCUT2D eigenvalue weighted by Crippen LogP contribution is -2.18. The third kappa shape index (κ3) is 5.30. The number of carbonyl (C=O) groups excluding carboxylic acids is 2. The fraction of sp³-hybridized carbons (Fsp3) is 0.0455. The molecule has 146 valence electrons. The van der Waals surface area contributed by atoms with Gasteiger partial charge in [-0.15, -0.1) is 0 Å². The van der Waals surface area contributed by atoms with Crippen molar-refractivity contribution >= 4 is 34.0 Å². The van der Waals surface area contributed by atoms with Gasteiger partial charge in [-0.1, -0.05) is 46.3 Å². The average Bonchev–Trinajstić information content (AvgIpc) is 2.75. The molecule has 0 unspecified atom stereocenters. The van der Waals surface area contributed by atoms with Crippen molar-refractivity contribution in [3.63, 3.8) is 0 Å². The molecule has 0 radical (unpaired) electrons. The first-order valence-electron chi connectivity index (χ1n) is 8.61. The van der Waals surface area contributed by atoms with Crippen molar-refractivity contribution in [1.82, 2.24) is 5.43 Å². The molecule has 1 amide bonds. The summed E-state index contributed by atoms with van der Waals surface area (Å²) in [5.41, 5.74) is 3.77. The molecule has 7 heteroatoms. The van der Waals surface area contributed by atoms with Crippen molar-refractivity contribution in [2.75, 3.05) is 7.11 Å². The molecule has 0 bridgehead atoms. The van der Waals surface area contributed by atoms with Crippen LogP contribution in [0.25, 0.3) is 0 Å². The molecule has 1 N–H and O–H groups in total. The molecule has 0 aromatic heterocycles. The van der Waals surface area contributed by atoms with Gasteiger partial charge in [-0.3, -0.25) is 4.79 Å². The third-order valence-electron chi connectivity index (χ3n) is 3.91. The normalized spacial score (nSPS) is 10.6. The van der Waals surface area contributed by atoms with E-state index in [2.05, 4.69) is 26.5 Å². The number of amides is 1. The maximum absolute atomic E-state index is 12.4. The number of hydrogen-bond donors (Lipinski definition) is 1. The standard InChI is InChI=1S/C22H17BrN2O4/c1-28-20-12-11-17(23)13-18(20)21(26)25-24-14-16-9-5-6-10-19(16)29-22(27)15-7-3-2-4-8-15/h2-14H,1H3,(H,25,26)/b24-14+. The quantitative estimate of drug-likeness (QED) is 0.259. The Hall–Kier alpha value is -3.45. The number of rotatable bonds is 6. The van der Waals surface area contributed by atoms with Gasteiger partial charge in [0, 0.05) is 10.0 Å². The molecule has 3 aromatic carbocycles. The first-order chi connectivity index (χ1) is 14.1. The molecule has 0 spiro atoms. The lowest BCUT2D eigenvalue weighted by Gasteiger charge is -2.08. The Labute approximate surface area is 176 Å². The molecule has 0 fully saturated rings. The number of hydrogen-bond acceptors (Lipinski definition) is 5. The number of esters is 1. The Morgan fingerprint density at radius 2 is 1.69 bits per heavy atom. The van der Waals surface area contributed by atoms with Crippen molar-refractivity contribution in [3.05, 3.63) is 94.0 Å². The molecule has 3 aromatic rings. The van der Waals surface area contributed by atoms with Gasteiger partial charge < -0.3 is 9.47 Å². The van der Waals surface area contributed by atoms with E-state index in [1.807, 2.05) is 6.07 Å². The SMILES string of the molecule is COc1ccc(Br)cc1C(=O)N/N=C/c1ccccc1OC(=O)c1ccccc1. The van der Waals surface area contributed by atoms with Gasteiger partial charge in [0.1, 0.15) is 11.5 Å². The number of methoxy groups -OCH3 is 1. The number of hydrazone groups is 1. The second-order valence-electron chi connectivity index (χ2n) is 5.84. The van der Waals surface area contributed by atoms with Crippen molar-refractivity contribution in [3.8, 4) is 11.5 Å². The number of benzene rings is 3. The number of carbonyl (C=O) groups is 2. The minimum atomic E-state index is -0.477. The zero-order valence-electron chi connectivity index (χ0n) is 15.5. The van der Waals surface area contributed by atoms with E-state index in [1.54, 1.807) is 66.7 Å². The minimum absolute atomic E-state index is 0.333. The fourth-order valence-electron chi connectivity index (χ4n) is 2.49. The smallest absolute Gasteiger partial charge is 0.343 e. The Bertz CT molecular complexity index is 1050. The van der Waals surface area contributed by atoms with Crippen LogP contribution in [-0.4, -0.2) is 25.2 Å². The maximum Gasteiger partial charge on any atom is 0.343 e. The molecule has 6 nitrogen and oxygen atoms in total. The minimum Gasteiger partial charge on any atom is -0.496 e. The summed E-state index contributed by atoms with van der Waals surface area (Å²) < 4.78 is 11.4. The van der Waals surface area contributed by atoms with Crippen LogP contribution < -0.4 is 14.9 Å². The van der Waals surface area contributed by atoms with Crippen LogP contribution in [0.3, 0.4) is 0 Å². The summed E-state index contributed by atoms with van der Waals surface area (Å²) in [6.45, 7) is 0. The molecule has 0 aliphatic rings. The van der Waals surface area contributed by atoms with Crippen LogP contribution in [0.1, 0.15) is 26.3 Å². The number of para-hydroxylation sites is 1. The predicted molar refractivity (Wildman–Crippen MR) is 114 cm³/mol. The third-order valence-corrected chi connectivity index (χ3v) is 4.40. The first-order valence-corrected chi connectivity index (χ1v) is 9.41. The van der Waals surface area contributed by atoms with E-state index in [1.165, 1.54) is 13.3 Å². The van der Waals surface area contributed by atoms with Crippen molar-refractivity contribution in [2.45, 2.75) is 0 Å². The highest BCUT2D eigenvalue weighted by Gasteiger charge is 2.13. The summed E-state index contributed by atoms with van der Waals surface area (Å²) in [5.74, 6) is -0.148. The maximum atomic E-state index is 12.4. The average molecular weight is 453 g/mol. The summed E-state index contributed by atoms with van der Waals surface area (Å²) in [5, 5.41) is 3.98. The van der Waals surface area contributed by atoms with Crippen molar-refractivity contribution < 1.29 is 19.1 Å². The van der Waals surface area contributed by atoms with E-state index >= 15 is 0 Å². The number of nitrogens with one attached hydrogen (secondary N) is 1. The zero-order chi connectivity index (χ0) is 20.6. The number of nitrogens with zero attached hydrogens (tertiary/aromatic N) is 1. The summed E-state index contributed by atoms with van der Waals surface area (Å²) >= 11 is 3.33. The van der Waals surface area contributed by atoms with E-state index in [0.717, 1.165) is 4.47 Å². The van der Waals surface area contributed by atoms with Gasteiger partial charge in [-0.25, -0.2) is 10.2 Å². The lowest BCUT2D eigenvalue weighted by molar-refractivity contribution is 0.0734. The fourth-order valence-corrected chi connectivity index (χ4v) is 2.85. The molecule has 29 heavy (non-hydrogen) atoms. The van der Waals surface area contributed by atoms with Crippen molar-refractivity contribution in [1.29, 1.82) is 0 Å². The summed E-state index contributed by atoms with van der Waals surface area (Å²) in [6, 6.07) is 20.7. The van der Waals surface area contributed by atoms with Crippen LogP contribution in [0.4, 0.5) is 0 Å². The Kier molecular flexibility index (Phi) is 6.76. The Balaban J connectivity index is 1.72. The Morgan fingerprint density at radius 3 is 2.45 bits per heavy atom. The van der Waals surface area contributed by atoms with Crippen LogP contribution >= 0.6 is 15.9 Å². The van der Waals surface area contributed by atoms with Gasteiger partial charge in [0.05, 0.1) is 24.5 Å². The van der Waals surface area contributed by atoms with Crippen LogP contribution in [-0.2, 0) is 0 Å². The van der Waals surface area contributed by atoms with Gasteiger partial charge in [0.2, 0.25) is 0 Å². The monoisotopic (exact) mass is 452 g/mol. The highest BCUT2D eigenvalue weighted by molar-refractivity contribution is 9.10. The molecule has 0 atom stereocenters. The molecule has 0 saturated carbocycles. The highest BCUT2D eigenvalue weighted by atomic mass is 79.9. The number of ether oxygens (including phenoxy) is 2. The van der Waals surface area contributed by atoms with Crippen LogP contribution in [0.5, 0.6) is 11.5 Å². The van der Waals surface area contributed by atoms with Gasteiger partial charge in [0.15, 0.2) is 0 Å². The molecule has 0 aliphatic heterocycles. The van der Waals surface area contributed by atoms with E-state index in [4.69, 9.17) is 9.47 Å². The highest BCUT2D eigenvalue weighted by Crippen LogP contribution is 2.23. The van der Waals surface area contributed by atoms with Gasteiger partial charge in [-0.2, -0.15) is 5.10 Å². The predicted octanol–water partition coefficient (Wildman–Crippen LogP) is 4.44. The van der Waals surface area contributed by atoms with Gasteiger partial charge in [0.25, 0.3) is 5.91 Å². The second kappa shape index (κ2) is 9.66. The topological polar surface area (TPSA) is 77.0 Å². The molecule has 3 rings (SSSR count).